The Balaban J connectivity index is 1.63. The zero-order valence-electron chi connectivity index (χ0n) is 13.4. The molecule has 1 aliphatic rings. The van der Waals surface area contributed by atoms with Gasteiger partial charge in [0, 0.05) is 23.8 Å². The molecule has 1 amide bonds. The van der Waals surface area contributed by atoms with Crippen molar-refractivity contribution in [1.82, 2.24) is 5.32 Å². The predicted molar refractivity (Wildman–Crippen MR) is 98.4 cm³/mol. The molecule has 0 spiro atoms. The molecule has 2 aromatic carbocycles. The molecule has 2 atom stereocenters. The van der Waals surface area contributed by atoms with Crippen LogP contribution in [0.1, 0.15) is 17.5 Å². The number of nitrogens with one attached hydrogen (secondary N) is 1. The van der Waals surface area contributed by atoms with Crippen LogP contribution >= 0.6 is 11.6 Å². The Bertz CT molecular complexity index is 747. The van der Waals surface area contributed by atoms with Gasteiger partial charge in [-0.3, -0.25) is 9.10 Å². The summed E-state index contributed by atoms with van der Waals surface area (Å²) < 4.78 is 14.4. The van der Waals surface area contributed by atoms with Crippen LogP contribution in [0, 0.1) is 6.92 Å². The van der Waals surface area contributed by atoms with E-state index in [-0.39, 0.29) is 5.91 Å². The van der Waals surface area contributed by atoms with E-state index in [1.54, 1.807) is 4.31 Å². The molecule has 0 saturated carbocycles. The van der Waals surface area contributed by atoms with Gasteiger partial charge in [-0.2, -0.15) is 0 Å². The van der Waals surface area contributed by atoms with Gasteiger partial charge in [-0.1, -0.05) is 35.9 Å². The highest BCUT2D eigenvalue weighted by atomic mass is 35.5. The van der Waals surface area contributed by atoms with Crippen LogP contribution in [-0.2, 0) is 22.3 Å². The van der Waals surface area contributed by atoms with Crippen molar-refractivity contribution in [3.63, 3.8) is 0 Å². The SMILES string of the molecule is Cc1cc(Cl)cc(CNC(=O)C2CCN(c3ccccc3)S2=O)c1. The number of anilines is 1. The number of hydrogen-bond acceptors (Lipinski definition) is 2. The third-order valence-electron chi connectivity index (χ3n) is 3.96. The Morgan fingerprint density at radius 3 is 2.75 bits per heavy atom. The van der Waals surface area contributed by atoms with Gasteiger partial charge >= 0.3 is 0 Å². The van der Waals surface area contributed by atoms with Crippen LogP contribution in [0.5, 0.6) is 0 Å². The molecule has 0 bridgehead atoms. The Hall–Kier alpha value is -1.85. The van der Waals surface area contributed by atoms with Gasteiger partial charge in [-0.25, -0.2) is 4.21 Å². The first-order valence-electron chi connectivity index (χ1n) is 7.81. The normalized spacial score (nSPS) is 20.2. The van der Waals surface area contributed by atoms with Gasteiger partial charge in [0.25, 0.3) is 0 Å². The van der Waals surface area contributed by atoms with Crippen molar-refractivity contribution in [1.29, 1.82) is 0 Å². The lowest BCUT2D eigenvalue weighted by Crippen LogP contribution is -2.36. The van der Waals surface area contributed by atoms with Crippen molar-refractivity contribution in [2.45, 2.75) is 25.1 Å². The van der Waals surface area contributed by atoms with Gasteiger partial charge in [0.05, 0.1) is 0 Å². The monoisotopic (exact) mass is 362 g/mol. The molecule has 2 aromatic rings. The first-order valence-corrected chi connectivity index (χ1v) is 9.36. The highest BCUT2D eigenvalue weighted by Crippen LogP contribution is 2.25. The Morgan fingerprint density at radius 2 is 2.04 bits per heavy atom. The summed E-state index contributed by atoms with van der Waals surface area (Å²) in [6.07, 6.45) is 0.585. The topological polar surface area (TPSA) is 49.4 Å². The summed E-state index contributed by atoms with van der Waals surface area (Å²) >= 11 is 6.03. The molecule has 126 valence electrons. The van der Waals surface area contributed by atoms with E-state index in [1.165, 1.54) is 0 Å². The number of carbonyl (C=O) groups is 1. The fraction of sp³-hybridized carbons (Fsp3) is 0.278. The summed E-state index contributed by atoms with van der Waals surface area (Å²) in [5, 5.41) is 3.02. The smallest absolute Gasteiger partial charge is 0.237 e. The molecule has 1 fully saturated rings. The van der Waals surface area contributed by atoms with Gasteiger partial charge in [0.15, 0.2) is 0 Å². The van der Waals surface area contributed by atoms with Crippen LogP contribution in [0.4, 0.5) is 5.69 Å². The number of halogens is 1. The second kappa shape index (κ2) is 7.36. The van der Waals surface area contributed by atoms with Gasteiger partial charge in [0.1, 0.15) is 16.2 Å². The Kier molecular flexibility index (Phi) is 5.21. The molecule has 1 heterocycles. The number of nitrogens with zero attached hydrogens (tertiary/aromatic N) is 1. The molecule has 1 saturated heterocycles. The predicted octanol–water partition coefficient (Wildman–Crippen LogP) is 3.21. The van der Waals surface area contributed by atoms with E-state index in [9.17, 15) is 9.00 Å². The quantitative estimate of drug-likeness (QED) is 0.907. The third kappa shape index (κ3) is 3.79. The van der Waals surface area contributed by atoms with E-state index < -0.39 is 16.2 Å². The average Bonchev–Trinajstić information content (AvgIpc) is 2.94. The number of aryl methyl sites for hydroxylation is 1. The highest BCUT2D eigenvalue weighted by Gasteiger charge is 2.36. The summed E-state index contributed by atoms with van der Waals surface area (Å²) in [5.41, 5.74) is 2.88. The summed E-state index contributed by atoms with van der Waals surface area (Å²) in [7, 11) is -1.35. The van der Waals surface area contributed by atoms with Crippen LogP contribution in [0.3, 0.4) is 0 Å². The largest absolute Gasteiger partial charge is 0.351 e. The van der Waals surface area contributed by atoms with Crippen molar-refractivity contribution >= 4 is 34.2 Å². The Labute approximate surface area is 149 Å². The van der Waals surface area contributed by atoms with E-state index >= 15 is 0 Å². The molecule has 3 rings (SSSR count). The lowest BCUT2D eigenvalue weighted by Gasteiger charge is -2.17. The van der Waals surface area contributed by atoms with Crippen LogP contribution in [0.15, 0.2) is 48.5 Å². The van der Waals surface area contributed by atoms with Crippen molar-refractivity contribution in [3.8, 4) is 0 Å². The molecule has 4 nitrogen and oxygen atoms in total. The van der Waals surface area contributed by atoms with Crippen molar-refractivity contribution < 1.29 is 9.00 Å². The Morgan fingerprint density at radius 1 is 1.29 bits per heavy atom. The molecule has 1 N–H and O–H groups in total. The maximum absolute atomic E-state index is 12.6. The fourth-order valence-corrected chi connectivity index (χ4v) is 4.65. The lowest BCUT2D eigenvalue weighted by atomic mass is 10.1. The second-order valence-electron chi connectivity index (χ2n) is 5.85. The maximum Gasteiger partial charge on any atom is 0.237 e. The highest BCUT2D eigenvalue weighted by molar-refractivity contribution is 7.88. The van der Waals surface area contributed by atoms with Crippen LogP contribution < -0.4 is 9.62 Å². The third-order valence-corrected chi connectivity index (χ3v) is 5.94. The zero-order valence-corrected chi connectivity index (χ0v) is 14.9. The minimum Gasteiger partial charge on any atom is -0.351 e. The zero-order chi connectivity index (χ0) is 17.1. The minimum atomic E-state index is -1.35. The van der Waals surface area contributed by atoms with Gasteiger partial charge in [-0.05, 0) is 48.7 Å². The van der Waals surface area contributed by atoms with Crippen molar-refractivity contribution in [2.75, 3.05) is 10.8 Å². The summed E-state index contributed by atoms with van der Waals surface area (Å²) in [5.74, 6) is -0.176. The van der Waals surface area contributed by atoms with E-state index in [2.05, 4.69) is 5.32 Å². The minimum absolute atomic E-state index is 0.176. The number of para-hydroxylation sites is 1. The molecular weight excluding hydrogens is 344 g/mol. The van der Waals surface area contributed by atoms with E-state index in [4.69, 9.17) is 11.6 Å². The number of hydrogen-bond donors (Lipinski definition) is 1. The van der Waals surface area contributed by atoms with Crippen LogP contribution in [0.2, 0.25) is 5.02 Å². The summed E-state index contributed by atoms with van der Waals surface area (Å²) in [6, 6.07) is 15.2. The van der Waals surface area contributed by atoms with Gasteiger partial charge in [-0.15, -0.1) is 0 Å². The number of rotatable bonds is 4. The molecular formula is C18H19ClN2O2S. The molecule has 24 heavy (non-hydrogen) atoms. The molecule has 0 radical (unpaired) electrons. The second-order valence-corrected chi connectivity index (χ2v) is 7.84. The van der Waals surface area contributed by atoms with E-state index in [0.29, 0.717) is 24.5 Å². The van der Waals surface area contributed by atoms with E-state index in [1.807, 2.05) is 55.5 Å². The number of benzene rings is 2. The average molecular weight is 363 g/mol. The molecule has 0 aliphatic carbocycles. The first kappa shape index (κ1) is 17.0. The molecule has 0 aromatic heterocycles. The standard InChI is InChI=1S/C18H19ClN2O2S/c1-13-9-14(11-15(19)10-13)12-20-18(22)17-7-8-21(24(17)23)16-5-3-2-4-6-16/h2-6,9-11,17H,7-8,12H2,1H3,(H,20,22). The fourth-order valence-electron chi connectivity index (χ4n) is 2.85. The van der Waals surface area contributed by atoms with Crippen LogP contribution in [0.25, 0.3) is 0 Å². The van der Waals surface area contributed by atoms with Crippen molar-refractivity contribution in [2.24, 2.45) is 0 Å². The summed E-state index contributed by atoms with van der Waals surface area (Å²) in [4.78, 5) is 12.4. The lowest BCUT2D eigenvalue weighted by molar-refractivity contribution is -0.120. The summed E-state index contributed by atoms with van der Waals surface area (Å²) in [6.45, 7) is 2.96. The number of amides is 1. The van der Waals surface area contributed by atoms with Crippen LogP contribution in [-0.4, -0.2) is 21.9 Å². The maximum atomic E-state index is 12.6. The van der Waals surface area contributed by atoms with Gasteiger partial charge in [0.2, 0.25) is 5.91 Å². The first-order chi connectivity index (χ1) is 11.5. The van der Waals surface area contributed by atoms with Gasteiger partial charge < -0.3 is 5.32 Å². The number of carbonyl (C=O) groups excluding carboxylic acids is 1. The molecule has 2 unspecified atom stereocenters. The molecule has 1 aliphatic heterocycles. The molecule has 6 heteroatoms. The van der Waals surface area contributed by atoms with Crippen molar-refractivity contribution in [3.05, 3.63) is 64.7 Å². The van der Waals surface area contributed by atoms with E-state index in [0.717, 1.165) is 16.8 Å².